The highest BCUT2D eigenvalue weighted by atomic mass is 19.3. The highest BCUT2D eigenvalue weighted by Gasteiger charge is 2.13. The molecule has 0 heterocycles. The Balaban J connectivity index is 2.77. The number of hydrogen-bond donors (Lipinski definition) is 2. The van der Waals surface area contributed by atoms with Crippen molar-refractivity contribution >= 4 is 5.96 Å². The molecule has 0 saturated carbocycles. The van der Waals surface area contributed by atoms with Crippen LogP contribution in [0.2, 0.25) is 0 Å². The van der Waals surface area contributed by atoms with E-state index in [0.29, 0.717) is 6.61 Å². The number of guanidine groups is 1. The monoisotopic (exact) mass is 305 g/mol. The van der Waals surface area contributed by atoms with Crippen molar-refractivity contribution in [2.45, 2.75) is 26.1 Å². The third-order valence-corrected chi connectivity index (χ3v) is 2.51. The molecule has 0 aromatic heterocycles. The zero-order valence-corrected chi connectivity index (χ0v) is 11.8. The van der Waals surface area contributed by atoms with Gasteiger partial charge in [0.25, 0.3) is 0 Å². The van der Waals surface area contributed by atoms with Crippen molar-refractivity contribution in [2.24, 2.45) is 10.7 Å². The summed E-state index contributed by atoms with van der Waals surface area (Å²) in [5.74, 6) is -0.882. The van der Waals surface area contributed by atoms with Crippen LogP contribution in [-0.4, -0.2) is 32.3 Å². The second-order valence-electron chi connectivity index (χ2n) is 4.30. The van der Waals surface area contributed by atoms with Crippen LogP contribution in [0.5, 0.6) is 5.75 Å². The average Bonchev–Trinajstić information content (AvgIpc) is 2.37. The van der Waals surface area contributed by atoms with Crippen molar-refractivity contribution in [2.75, 3.05) is 13.7 Å². The fraction of sp³-hybridized carbons (Fsp3) is 0.462. The number of methoxy groups -OCH3 is 1. The van der Waals surface area contributed by atoms with E-state index in [2.05, 4.69) is 15.0 Å². The fourth-order valence-electron chi connectivity index (χ4n) is 1.65. The molecule has 3 N–H and O–H groups in total. The number of nitrogens with zero attached hydrogens (tertiary/aromatic N) is 1. The second kappa shape index (κ2) is 8.35. The van der Waals surface area contributed by atoms with Gasteiger partial charge in [-0.2, -0.15) is 8.78 Å². The van der Waals surface area contributed by atoms with Gasteiger partial charge in [0.2, 0.25) is 0 Å². The van der Waals surface area contributed by atoms with Crippen LogP contribution >= 0.6 is 0 Å². The predicted molar refractivity (Wildman–Crippen MR) is 72.8 cm³/mol. The maximum atomic E-state index is 13.7. The highest BCUT2D eigenvalue weighted by Crippen LogP contribution is 2.24. The lowest BCUT2D eigenvalue weighted by Gasteiger charge is -2.14. The number of alkyl halides is 2. The molecule has 0 spiro atoms. The van der Waals surface area contributed by atoms with Gasteiger partial charge < -0.3 is 20.5 Å². The maximum absolute atomic E-state index is 13.7. The first kappa shape index (κ1) is 17.1. The van der Waals surface area contributed by atoms with E-state index in [-0.39, 0.29) is 29.9 Å². The molecular formula is C13H18F3N3O2. The van der Waals surface area contributed by atoms with E-state index in [1.807, 2.05) is 6.92 Å². The van der Waals surface area contributed by atoms with Crippen LogP contribution in [0, 0.1) is 5.82 Å². The minimum atomic E-state index is -3.04. The zero-order chi connectivity index (χ0) is 15.8. The third-order valence-electron chi connectivity index (χ3n) is 2.51. The SMILES string of the molecule is COCC(C)NC(N)=NCc1c(F)cccc1OC(F)F. The van der Waals surface area contributed by atoms with Crippen molar-refractivity contribution < 1.29 is 22.6 Å². The fourth-order valence-corrected chi connectivity index (χ4v) is 1.65. The first-order valence-corrected chi connectivity index (χ1v) is 6.21. The Morgan fingerprint density at radius 2 is 2.14 bits per heavy atom. The Morgan fingerprint density at radius 3 is 2.76 bits per heavy atom. The van der Waals surface area contributed by atoms with Crippen LogP contribution in [0.3, 0.4) is 0 Å². The molecule has 0 radical (unpaired) electrons. The standard InChI is InChI=1S/C13H18F3N3O2/c1-8(7-20-2)19-13(17)18-6-9-10(14)4-3-5-11(9)21-12(15)16/h3-5,8,12H,6-7H2,1-2H3,(H3,17,18,19). The predicted octanol–water partition coefficient (Wildman–Crippen LogP) is 1.87. The molecule has 0 amide bonds. The molecule has 1 unspecified atom stereocenters. The smallest absolute Gasteiger partial charge is 0.387 e. The molecule has 1 rings (SSSR count). The Hall–Kier alpha value is -1.96. The summed E-state index contributed by atoms with van der Waals surface area (Å²) in [6, 6.07) is 3.58. The van der Waals surface area contributed by atoms with E-state index >= 15 is 0 Å². The van der Waals surface area contributed by atoms with E-state index in [1.54, 1.807) is 7.11 Å². The molecule has 0 aliphatic heterocycles. The van der Waals surface area contributed by atoms with Crippen LogP contribution in [0.1, 0.15) is 12.5 Å². The summed E-state index contributed by atoms with van der Waals surface area (Å²) in [6.45, 7) is -1.02. The van der Waals surface area contributed by atoms with Crippen LogP contribution in [0.25, 0.3) is 0 Å². The van der Waals surface area contributed by atoms with E-state index in [0.717, 1.165) is 6.07 Å². The summed E-state index contributed by atoms with van der Waals surface area (Å²) in [6.07, 6.45) is 0. The molecule has 118 valence electrons. The minimum absolute atomic E-state index is 0.0609. The average molecular weight is 305 g/mol. The number of nitrogens with two attached hydrogens (primary N) is 1. The molecule has 0 bridgehead atoms. The molecular weight excluding hydrogens is 287 g/mol. The summed E-state index contributed by atoms with van der Waals surface area (Å²) in [5, 5.41) is 2.82. The molecule has 0 aliphatic rings. The lowest BCUT2D eigenvalue weighted by Crippen LogP contribution is -2.40. The lowest BCUT2D eigenvalue weighted by atomic mass is 10.2. The molecule has 1 atom stereocenters. The first-order chi connectivity index (χ1) is 9.93. The first-order valence-electron chi connectivity index (χ1n) is 6.21. The Labute approximate surface area is 120 Å². The molecule has 5 nitrogen and oxygen atoms in total. The van der Waals surface area contributed by atoms with Crippen LogP contribution in [-0.2, 0) is 11.3 Å². The van der Waals surface area contributed by atoms with E-state index < -0.39 is 12.4 Å². The van der Waals surface area contributed by atoms with Gasteiger partial charge in [-0.1, -0.05) is 6.07 Å². The van der Waals surface area contributed by atoms with Crippen molar-refractivity contribution in [3.05, 3.63) is 29.6 Å². The van der Waals surface area contributed by atoms with Gasteiger partial charge >= 0.3 is 6.61 Å². The summed E-state index contributed by atoms with van der Waals surface area (Å²) in [4.78, 5) is 3.91. The molecule has 0 aliphatic carbocycles. The van der Waals surface area contributed by atoms with Gasteiger partial charge in [0.15, 0.2) is 5.96 Å². The molecule has 21 heavy (non-hydrogen) atoms. The van der Waals surface area contributed by atoms with Crippen LogP contribution < -0.4 is 15.8 Å². The molecule has 1 aromatic carbocycles. The zero-order valence-electron chi connectivity index (χ0n) is 11.8. The second-order valence-corrected chi connectivity index (χ2v) is 4.30. The minimum Gasteiger partial charge on any atom is -0.434 e. The van der Waals surface area contributed by atoms with Crippen LogP contribution in [0.4, 0.5) is 13.2 Å². The molecule has 1 aromatic rings. The number of aliphatic imine (C=N–C) groups is 1. The van der Waals surface area contributed by atoms with Gasteiger partial charge in [-0.3, -0.25) is 0 Å². The summed E-state index contributed by atoms with van der Waals surface area (Å²) < 4.78 is 47.3. The topological polar surface area (TPSA) is 68.9 Å². The number of halogens is 3. The Kier molecular flexibility index (Phi) is 6.80. The van der Waals surface area contributed by atoms with Crippen molar-refractivity contribution in [1.82, 2.24) is 5.32 Å². The van der Waals surface area contributed by atoms with E-state index in [9.17, 15) is 13.2 Å². The number of benzene rings is 1. The van der Waals surface area contributed by atoms with Crippen molar-refractivity contribution in [1.29, 1.82) is 0 Å². The van der Waals surface area contributed by atoms with Crippen LogP contribution in [0.15, 0.2) is 23.2 Å². The van der Waals surface area contributed by atoms with E-state index in [4.69, 9.17) is 10.5 Å². The largest absolute Gasteiger partial charge is 0.434 e. The number of ether oxygens (including phenoxy) is 2. The van der Waals surface area contributed by atoms with E-state index in [1.165, 1.54) is 12.1 Å². The van der Waals surface area contributed by atoms with Crippen molar-refractivity contribution in [3.63, 3.8) is 0 Å². The Bertz CT molecular complexity index is 484. The van der Waals surface area contributed by atoms with Gasteiger partial charge in [0.1, 0.15) is 11.6 Å². The molecule has 0 saturated heterocycles. The number of rotatable bonds is 7. The highest BCUT2D eigenvalue weighted by molar-refractivity contribution is 5.78. The van der Waals surface area contributed by atoms with Crippen molar-refractivity contribution in [3.8, 4) is 5.75 Å². The van der Waals surface area contributed by atoms with Gasteiger partial charge in [0, 0.05) is 13.2 Å². The maximum Gasteiger partial charge on any atom is 0.387 e. The number of hydrogen-bond acceptors (Lipinski definition) is 3. The van der Waals surface area contributed by atoms with Gasteiger partial charge in [-0.15, -0.1) is 0 Å². The summed E-state index contributed by atoms with van der Waals surface area (Å²) in [5.41, 5.74) is 5.54. The third kappa shape index (κ3) is 5.90. The number of nitrogens with one attached hydrogen (secondary N) is 1. The van der Waals surface area contributed by atoms with Gasteiger partial charge in [0.05, 0.1) is 18.7 Å². The summed E-state index contributed by atoms with van der Waals surface area (Å²) >= 11 is 0. The van der Waals surface area contributed by atoms with Gasteiger partial charge in [-0.25, -0.2) is 9.38 Å². The molecule has 0 fully saturated rings. The normalized spacial score (nSPS) is 13.3. The quantitative estimate of drug-likeness (QED) is 0.596. The summed E-state index contributed by atoms with van der Waals surface area (Å²) in [7, 11) is 1.54. The molecule has 8 heteroatoms. The Morgan fingerprint density at radius 1 is 1.43 bits per heavy atom. The lowest BCUT2D eigenvalue weighted by molar-refractivity contribution is -0.0506. The van der Waals surface area contributed by atoms with Gasteiger partial charge in [-0.05, 0) is 19.1 Å².